The number of fused-ring (bicyclic) bond motifs is 4. The molecule has 0 unspecified atom stereocenters. The number of hydrogen-bond acceptors (Lipinski definition) is 5. The van der Waals surface area contributed by atoms with Gasteiger partial charge in [0.1, 0.15) is 11.5 Å². The first-order chi connectivity index (χ1) is 13.7. The van der Waals surface area contributed by atoms with Crippen molar-refractivity contribution >= 4 is 5.91 Å². The van der Waals surface area contributed by atoms with Crippen LogP contribution in [-0.4, -0.2) is 60.1 Å². The normalized spacial score (nSPS) is 22.0. The predicted octanol–water partition coefficient (Wildman–Crippen LogP) is 2.59. The van der Waals surface area contributed by atoms with Gasteiger partial charge in [-0.3, -0.25) is 14.7 Å². The third-order valence-electron chi connectivity index (χ3n) is 5.62. The van der Waals surface area contributed by atoms with Crippen molar-refractivity contribution in [2.24, 2.45) is 5.92 Å². The lowest BCUT2D eigenvalue weighted by Gasteiger charge is -2.36. The number of hydrogen-bond donors (Lipinski definition) is 0. The molecule has 28 heavy (non-hydrogen) atoms. The molecule has 6 heteroatoms. The summed E-state index contributed by atoms with van der Waals surface area (Å²) in [7, 11) is 1.62. The maximum absolute atomic E-state index is 12.9. The van der Waals surface area contributed by atoms with Crippen LogP contribution in [0.1, 0.15) is 18.5 Å². The fraction of sp³-hybridized carbons (Fsp3) is 0.455. The Hall–Kier alpha value is -2.60. The van der Waals surface area contributed by atoms with Gasteiger partial charge in [0.25, 0.3) is 5.91 Å². The standard InChI is InChI=1S/C22H27N3O3/c1-27-20-6-4-7-21(11-20)28-16-22(26)25-13-17-8-9-19(25)15-24(12-17)14-18-5-2-3-10-23-18/h2-7,10-11,17,19H,8-9,12-16H2,1H3/t17-,19+/m0/s1. The van der Waals surface area contributed by atoms with Gasteiger partial charge >= 0.3 is 0 Å². The highest BCUT2D eigenvalue weighted by Crippen LogP contribution is 2.29. The average molecular weight is 381 g/mol. The number of methoxy groups -OCH3 is 1. The Morgan fingerprint density at radius 2 is 2.00 bits per heavy atom. The molecule has 4 heterocycles. The van der Waals surface area contributed by atoms with E-state index in [0.717, 1.165) is 44.0 Å². The highest BCUT2D eigenvalue weighted by atomic mass is 16.5. The van der Waals surface area contributed by atoms with Crippen LogP contribution in [0.25, 0.3) is 0 Å². The van der Waals surface area contributed by atoms with Gasteiger partial charge in [-0.25, -0.2) is 0 Å². The minimum Gasteiger partial charge on any atom is -0.497 e. The molecule has 3 fully saturated rings. The molecule has 3 aliphatic rings. The summed E-state index contributed by atoms with van der Waals surface area (Å²) in [6, 6.07) is 13.7. The zero-order valence-corrected chi connectivity index (χ0v) is 16.3. The number of carbonyl (C=O) groups excluding carboxylic acids is 1. The molecule has 0 aliphatic carbocycles. The molecule has 3 aliphatic heterocycles. The van der Waals surface area contributed by atoms with Crippen LogP contribution in [0.3, 0.4) is 0 Å². The molecule has 1 aromatic heterocycles. The van der Waals surface area contributed by atoms with Crippen LogP contribution in [0.5, 0.6) is 11.5 Å². The highest BCUT2D eigenvalue weighted by Gasteiger charge is 2.37. The smallest absolute Gasteiger partial charge is 0.260 e. The molecule has 0 saturated carbocycles. The van der Waals surface area contributed by atoms with E-state index in [9.17, 15) is 4.79 Å². The van der Waals surface area contributed by atoms with Crippen LogP contribution in [0, 0.1) is 5.92 Å². The Labute approximate surface area is 166 Å². The number of aromatic nitrogens is 1. The van der Waals surface area contributed by atoms with Crippen LogP contribution in [-0.2, 0) is 11.3 Å². The number of amides is 1. The summed E-state index contributed by atoms with van der Waals surface area (Å²) in [5.74, 6) is 1.97. The Morgan fingerprint density at radius 3 is 2.82 bits per heavy atom. The van der Waals surface area contributed by atoms with Gasteiger partial charge in [-0.15, -0.1) is 0 Å². The lowest BCUT2D eigenvalue weighted by atomic mass is 9.95. The van der Waals surface area contributed by atoms with Gasteiger partial charge in [0.15, 0.2) is 6.61 Å². The van der Waals surface area contributed by atoms with Gasteiger partial charge in [-0.05, 0) is 43.0 Å². The second-order valence-corrected chi connectivity index (χ2v) is 7.63. The molecular formula is C22H27N3O3. The van der Waals surface area contributed by atoms with Gasteiger partial charge < -0.3 is 14.4 Å². The van der Waals surface area contributed by atoms with E-state index in [0.29, 0.717) is 11.7 Å². The van der Waals surface area contributed by atoms with Crippen molar-refractivity contribution in [1.82, 2.24) is 14.8 Å². The van der Waals surface area contributed by atoms with E-state index < -0.39 is 0 Å². The van der Waals surface area contributed by atoms with Crippen molar-refractivity contribution in [3.63, 3.8) is 0 Å². The molecule has 2 bridgehead atoms. The summed E-state index contributed by atoms with van der Waals surface area (Å²) in [5.41, 5.74) is 1.09. The van der Waals surface area contributed by atoms with Crippen molar-refractivity contribution in [1.29, 1.82) is 0 Å². The molecule has 2 atom stereocenters. The molecule has 0 N–H and O–H groups in total. The first-order valence-electron chi connectivity index (χ1n) is 9.90. The molecular weight excluding hydrogens is 354 g/mol. The van der Waals surface area contributed by atoms with Crippen molar-refractivity contribution in [2.45, 2.75) is 25.4 Å². The molecule has 148 valence electrons. The van der Waals surface area contributed by atoms with E-state index in [4.69, 9.17) is 9.47 Å². The number of piperidine rings is 1. The van der Waals surface area contributed by atoms with Gasteiger partial charge in [-0.2, -0.15) is 0 Å². The largest absolute Gasteiger partial charge is 0.497 e. The van der Waals surface area contributed by atoms with Gasteiger partial charge in [-0.1, -0.05) is 12.1 Å². The van der Waals surface area contributed by atoms with E-state index in [2.05, 4.69) is 16.0 Å². The number of nitrogens with zero attached hydrogens (tertiary/aromatic N) is 3. The average Bonchev–Trinajstić information content (AvgIpc) is 3.03. The second kappa shape index (κ2) is 8.61. The summed E-state index contributed by atoms with van der Waals surface area (Å²) in [6.07, 6.45) is 4.09. The topological polar surface area (TPSA) is 54.9 Å². The quantitative estimate of drug-likeness (QED) is 0.770. The molecule has 5 rings (SSSR count). The van der Waals surface area contributed by atoms with Gasteiger partial charge in [0.2, 0.25) is 0 Å². The van der Waals surface area contributed by atoms with E-state index in [-0.39, 0.29) is 18.6 Å². The summed E-state index contributed by atoms with van der Waals surface area (Å²) < 4.78 is 10.9. The fourth-order valence-corrected chi connectivity index (χ4v) is 4.25. The molecule has 0 radical (unpaired) electrons. The molecule has 1 amide bonds. The minimum atomic E-state index is 0.0661. The summed E-state index contributed by atoms with van der Waals surface area (Å²) in [6.45, 7) is 3.65. The number of ether oxygens (including phenoxy) is 2. The first-order valence-corrected chi connectivity index (χ1v) is 9.90. The Bertz CT molecular complexity index is 799. The van der Waals surface area contributed by atoms with Crippen molar-refractivity contribution in [3.05, 3.63) is 54.4 Å². The first kappa shape index (κ1) is 18.7. The maximum Gasteiger partial charge on any atom is 0.260 e. The van der Waals surface area contributed by atoms with Crippen molar-refractivity contribution in [2.75, 3.05) is 33.4 Å². The number of rotatable bonds is 6. The highest BCUT2D eigenvalue weighted by molar-refractivity contribution is 5.78. The number of benzene rings is 1. The molecule has 0 spiro atoms. The van der Waals surface area contributed by atoms with Crippen LogP contribution >= 0.6 is 0 Å². The van der Waals surface area contributed by atoms with Crippen LogP contribution in [0.2, 0.25) is 0 Å². The van der Waals surface area contributed by atoms with Gasteiger partial charge in [0.05, 0.1) is 12.8 Å². The number of carbonyl (C=O) groups is 1. The Kier molecular flexibility index (Phi) is 5.76. The second-order valence-electron chi connectivity index (χ2n) is 7.63. The van der Waals surface area contributed by atoms with E-state index in [1.54, 1.807) is 13.2 Å². The monoisotopic (exact) mass is 381 g/mol. The minimum absolute atomic E-state index is 0.0661. The van der Waals surface area contributed by atoms with E-state index in [1.807, 2.05) is 41.4 Å². The summed E-state index contributed by atoms with van der Waals surface area (Å²) >= 11 is 0. The molecule has 3 saturated heterocycles. The summed E-state index contributed by atoms with van der Waals surface area (Å²) in [4.78, 5) is 21.8. The van der Waals surface area contributed by atoms with E-state index in [1.165, 1.54) is 6.42 Å². The van der Waals surface area contributed by atoms with Gasteiger partial charge in [0, 0.05) is 44.5 Å². The molecule has 6 nitrogen and oxygen atoms in total. The van der Waals surface area contributed by atoms with Crippen molar-refractivity contribution in [3.8, 4) is 11.5 Å². The van der Waals surface area contributed by atoms with Crippen LogP contribution in [0.4, 0.5) is 0 Å². The summed E-state index contributed by atoms with van der Waals surface area (Å²) in [5, 5.41) is 0. The maximum atomic E-state index is 12.9. The van der Waals surface area contributed by atoms with Crippen LogP contribution in [0.15, 0.2) is 48.7 Å². The fourth-order valence-electron chi connectivity index (χ4n) is 4.25. The Morgan fingerprint density at radius 1 is 1.11 bits per heavy atom. The Balaban J connectivity index is 1.36. The van der Waals surface area contributed by atoms with Crippen LogP contribution < -0.4 is 9.47 Å². The predicted molar refractivity (Wildman–Crippen MR) is 106 cm³/mol. The third kappa shape index (κ3) is 4.44. The molecule has 2 aromatic rings. The lowest BCUT2D eigenvalue weighted by molar-refractivity contribution is -0.137. The lowest BCUT2D eigenvalue weighted by Crippen LogP contribution is -2.49. The zero-order chi connectivity index (χ0) is 19.3. The van der Waals surface area contributed by atoms with E-state index >= 15 is 0 Å². The molecule has 1 aromatic carbocycles. The third-order valence-corrected chi connectivity index (χ3v) is 5.62. The SMILES string of the molecule is COc1cccc(OCC(=O)N2C[C@H]3CC[C@@H]2CN(Cc2ccccn2)C3)c1. The zero-order valence-electron chi connectivity index (χ0n) is 16.3. The number of pyridine rings is 1. The van der Waals surface area contributed by atoms with Crippen molar-refractivity contribution < 1.29 is 14.3 Å².